The molecule has 1 aromatic carbocycles. The molecule has 1 atom stereocenters. The van der Waals surface area contributed by atoms with E-state index in [1.165, 1.54) is 16.9 Å². The monoisotopic (exact) mass is 337 g/mol. The predicted molar refractivity (Wildman–Crippen MR) is 85.1 cm³/mol. The fourth-order valence-electron chi connectivity index (χ4n) is 1.88. The van der Waals surface area contributed by atoms with Gasteiger partial charge in [0.15, 0.2) is 0 Å². The summed E-state index contributed by atoms with van der Waals surface area (Å²) in [7, 11) is 0. The highest BCUT2D eigenvalue weighted by atomic mass is 79.9. The largest absolute Gasteiger partial charge is 0.321 e. The molecule has 2 nitrogen and oxygen atoms in total. The number of thiophene rings is 1. The first-order valence-electron chi connectivity index (χ1n) is 6.27. The molecule has 1 N–H and O–H groups in total. The molecule has 0 saturated heterocycles. The van der Waals surface area contributed by atoms with Crippen molar-refractivity contribution in [2.75, 3.05) is 5.32 Å². The Labute approximate surface area is 126 Å². The molecule has 1 heterocycles. The molecule has 0 fully saturated rings. The van der Waals surface area contributed by atoms with Gasteiger partial charge in [0.1, 0.15) is 0 Å². The summed E-state index contributed by atoms with van der Waals surface area (Å²) in [4.78, 5) is 12.9. The number of nitrogens with one attached hydrogen (secondary N) is 1. The molecule has 1 unspecified atom stereocenters. The number of halogens is 1. The van der Waals surface area contributed by atoms with Gasteiger partial charge in [-0.2, -0.15) is 0 Å². The van der Waals surface area contributed by atoms with Gasteiger partial charge in [0.2, 0.25) is 0 Å². The zero-order chi connectivity index (χ0) is 13.8. The van der Waals surface area contributed by atoms with Crippen LogP contribution in [0.25, 0.3) is 0 Å². The summed E-state index contributed by atoms with van der Waals surface area (Å²) in [6.45, 7) is 4.33. The number of carbonyl (C=O) groups excluding carboxylic acids is 1. The summed E-state index contributed by atoms with van der Waals surface area (Å²) in [6, 6.07) is 11.7. The number of amides is 1. The van der Waals surface area contributed by atoms with E-state index in [-0.39, 0.29) is 5.91 Å². The van der Waals surface area contributed by atoms with Crippen LogP contribution in [-0.4, -0.2) is 5.91 Å². The molecule has 2 aromatic rings. The first kappa shape index (κ1) is 14.3. The highest BCUT2D eigenvalue weighted by Crippen LogP contribution is 2.28. The quantitative estimate of drug-likeness (QED) is 0.808. The standard InChI is InChI=1S/C15H16BrNOS/c1-3-10(2)11-6-4-5-7-12(11)17-15(18)13-8-9-14(16)19-13/h4-10H,3H2,1-2H3,(H,17,18). The summed E-state index contributed by atoms with van der Waals surface area (Å²) in [5.74, 6) is 0.387. The molecule has 2 rings (SSSR count). The number of carbonyl (C=O) groups is 1. The third kappa shape index (κ3) is 3.45. The second kappa shape index (κ2) is 6.35. The van der Waals surface area contributed by atoms with E-state index in [9.17, 15) is 4.79 Å². The third-order valence-corrected chi connectivity index (χ3v) is 4.77. The van der Waals surface area contributed by atoms with Crippen LogP contribution in [-0.2, 0) is 0 Å². The summed E-state index contributed by atoms with van der Waals surface area (Å²) >= 11 is 4.81. The lowest BCUT2D eigenvalue weighted by Crippen LogP contribution is -2.12. The molecule has 0 aliphatic rings. The van der Waals surface area contributed by atoms with Gasteiger partial charge >= 0.3 is 0 Å². The Morgan fingerprint density at radius 1 is 1.32 bits per heavy atom. The van der Waals surface area contributed by atoms with Crippen molar-refractivity contribution in [1.82, 2.24) is 0 Å². The van der Waals surface area contributed by atoms with Gasteiger partial charge in [-0.25, -0.2) is 0 Å². The van der Waals surface area contributed by atoms with Crippen LogP contribution in [0, 0.1) is 0 Å². The Morgan fingerprint density at radius 2 is 2.05 bits per heavy atom. The second-order valence-electron chi connectivity index (χ2n) is 4.45. The number of anilines is 1. The van der Waals surface area contributed by atoms with Crippen LogP contribution in [0.4, 0.5) is 5.69 Å². The first-order chi connectivity index (χ1) is 9.11. The van der Waals surface area contributed by atoms with Crippen molar-refractivity contribution in [2.45, 2.75) is 26.2 Å². The van der Waals surface area contributed by atoms with Crippen LogP contribution in [0.15, 0.2) is 40.2 Å². The van der Waals surface area contributed by atoms with E-state index in [4.69, 9.17) is 0 Å². The van der Waals surface area contributed by atoms with Gasteiger partial charge in [0, 0.05) is 5.69 Å². The van der Waals surface area contributed by atoms with E-state index >= 15 is 0 Å². The van der Waals surface area contributed by atoms with Crippen molar-refractivity contribution in [3.05, 3.63) is 50.6 Å². The Kier molecular flexibility index (Phi) is 4.77. The predicted octanol–water partition coefficient (Wildman–Crippen LogP) is 5.28. The Balaban J connectivity index is 2.21. The van der Waals surface area contributed by atoms with Gasteiger partial charge in [-0.1, -0.05) is 32.0 Å². The SMILES string of the molecule is CCC(C)c1ccccc1NC(=O)c1ccc(Br)s1. The van der Waals surface area contributed by atoms with Crippen LogP contribution in [0.1, 0.15) is 41.4 Å². The molecule has 0 saturated carbocycles. The molecule has 1 aromatic heterocycles. The minimum atomic E-state index is -0.0496. The Morgan fingerprint density at radius 3 is 2.68 bits per heavy atom. The van der Waals surface area contributed by atoms with E-state index in [2.05, 4.69) is 41.2 Å². The number of benzene rings is 1. The summed E-state index contributed by atoms with van der Waals surface area (Å²) in [5, 5.41) is 3.01. The van der Waals surface area contributed by atoms with Gasteiger partial charge in [-0.3, -0.25) is 4.79 Å². The van der Waals surface area contributed by atoms with Gasteiger partial charge in [0.25, 0.3) is 5.91 Å². The second-order valence-corrected chi connectivity index (χ2v) is 6.92. The average molecular weight is 338 g/mol. The fraction of sp³-hybridized carbons (Fsp3) is 0.267. The molecular weight excluding hydrogens is 322 g/mol. The maximum atomic E-state index is 12.2. The lowest BCUT2D eigenvalue weighted by atomic mass is 9.97. The summed E-state index contributed by atoms with van der Waals surface area (Å²) < 4.78 is 0.966. The molecule has 19 heavy (non-hydrogen) atoms. The van der Waals surface area contributed by atoms with Crippen molar-refractivity contribution in [2.24, 2.45) is 0 Å². The van der Waals surface area contributed by atoms with E-state index in [0.717, 1.165) is 15.9 Å². The maximum absolute atomic E-state index is 12.2. The topological polar surface area (TPSA) is 29.1 Å². The van der Waals surface area contributed by atoms with E-state index in [1.807, 2.05) is 30.3 Å². The van der Waals surface area contributed by atoms with Crippen molar-refractivity contribution < 1.29 is 4.79 Å². The van der Waals surface area contributed by atoms with Crippen LogP contribution < -0.4 is 5.32 Å². The third-order valence-electron chi connectivity index (χ3n) is 3.15. The van der Waals surface area contributed by atoms with Gasteiger partial charge < -0.3 is 5.32 Å². The van der Waals surface area contributed by atoms with Crippen molar-refractivity contribution in [3.63, 3.8) is 0 Å². The number of para-hydroxylation sites is 1. The molecule has 100 valence electrons. The lowest BCUT2D eigenvalue weighted by molar-refractivity contribution is 0.103. The first-order valence-corrected chi connectivity index (χ1v) is 7.88. The zero-order valence-electron chi connectivity index (χ0n) is 10.9. The van der Waals surface area contributed by atoms with Crippen molar-refractivity contribution in [1.29, 1.82) is 0 Å². The van der Waals surface area contributed by atoms with Crippen LogP contribution in [0.3, 0.4) is 0 Å². The molecule has 4 heteroatoms. The maximum Gasteiger partial charge on any atom is 0.265 e. The molecule has 0 spiro atoms. The molecule has 0 bridgehead atoms. The average Bonchev–Trinajstić information content (AvgIpc) is 2.85. The van der Waals surface area contributed by atoms with E-state index in [0.29, 0.717) is 10.8 Å². The fourth-order valence-corrected chi connectivity index (χ4v) is 3.16. The molecule has 0 aliphatic heterocycles. The number of hydrogen-bond donors (Lipinski definition) is 1. The smallest absolute Gasteiger partial charge is 0.265 e. The van der Waals surface area contributed by atoms with Crippen LogP contribution in [0.2, 0.25) is 0 Å². The summed E-state index contributed by atoms with van der Waals surface area (Å²) in [5.41, 5.74) is 2.10. The van der Waals surface area contributed by atoms with Crippen LogP contribution in [0.5, 0.6) is 0 Å². The highest BCUT2D eigenvalue weighted by molar-refractivity contribution is 9.11. The number of rotatable bonds is 4. The van der Waals surface area contributed by atoms with Crippen LogP contribution >= 0.6 is 27.3 Å². The molecular formula is C15H16BrNOS. The lowest BCUT2D eigenvalue weighted by Gasteiger charge is -2.15. The Bertz CT molecular complexity index is 579. The van der Waals surface area contributed by atoms with Gasteiger partial charge in [-0.05, 0) is 52.0 Å². The Hall–Kier alpha value is -1.13. The minimum Gasteiger partial charge on any atom is -0.321 e. The highest BCUT2D eigenvalue weighted by Gasteiger charge is 2.13. The molecule has 0 aliphatic carbocycles. The van der Waals surface area contributed by atoms with Crippen molar-refractivity contribution in [3.8, 4) is 0 Å². The minimum absolute atomic E-state index is 0.0496. The normalized spacial score (nSPS) is 12.2. The van der Waals surface area contributed by atoms with Crippen molar-refractivity contribution >= 4 is 38.9 Å². The molecule has 0 radical (unpaired) electrons. The zero-order valence-corrected chi connectivity index (χ0v) is 13.3. The molecule has 1 amide bonds. The number of hydrogen-bond acceptors (Lipinski definition) is 2. The van der Waals surface area contributed by atoms with Gasteiger partial charge in [-0.15, -0.1) is 11.3 Å². The van der Waals surface area contributed by atoms with E-state index in [1.54, 1.807) is 0 Å². The van der Waals surface area contributed by atoms with Gasteiger partial charge in [0.05, 0.1) is 8.66 Å². The van der Waals surface area contributed by atoms with E-state index < -0.39 is 0 Å². The summed E-state index contributed by atoms with van der Waals surface area (Å²) in [6.07, 6.45) is 1.05.